The van der Waals surface area contributed by atoms with Crippen molar-refractivity contribution in [2.75, 3.05) is 6.26 Å². The van der Waals surface area contributed by atoms with Crippen LogP contribution in [-0.4, -0.2) is 31.1 Å². The Morgan fingerprint density at radius 3 is 3.04 bits per heavy atom. The van der Waals surface area contributed by atoms with Gasteiger partial charge in [-0.05, 0) is 30.5 Å². The van der Waals surface area contributed by atoms with Crippen LogP contribution >= 0.6 is 0 Å². The minimum Gasteiger partial charge on any atom is -0.345 e. The number of nitrogens with zero attached hydrogens (tertiary/aromatic N) is 3. The third kappa shape index (κ3) is 3.85. The molecule has 0 fully saturated rings. The van der Waals surface area contributed by atoms with Crippen molar-refractivity contribution < 1.29 is 9.00 Å². The number of hydrogen-bond donors (Lipinski definition) is 1. The van der Waals surface area contributed by atoms with Gasteiger partial charge in [0.2, 0.25) is 0 Å². The lowest BCUT2D eigenvalue weighted by molar-refractivity contribution is 0.0949. The lowest BCUT2D eigenvalue weighted by atomic mass is 10.1. The van der Waals surface area contributed by atoms with Crippen molar-refractivity contribution in [1.82, 2.24) is 20.1 Å². The summed E-state index contributed by atoms with van der Waals surface area (Å²) in [7, 11) is -0.921. The van der Waals surface area contributed by atoms with Gasteiger partial charge in [-0.25, -0.2) is 0 Å². The summed E-state index contributed by atoms with van der Waals surface area (Å²) in [4.78, 5) is 12.3. The standard InChI is InChI=1S/C16H20N4O2S/c1-23(22)11-12-5-4-6-13(9-12)16(21)17-10-15-19-18-14-7-2-3-8-20(14)15/h4-6,9H,2-3,7-8,10-11H2,1H3,(H,17,21). The molecule has 0 aliphatic carbocycles. The van der Waals surface area contributed by atoms with Gasteiger partial charge in [0, 0.05) is 41.3 Å². The van der Waals surface area contributed by atoms with Gasteiger partial charge >= 0.3 is 0 Å². The van der Waals surface area contributed by atoms with E-state index in [1.807, 2.05) is 12.1 Å². The molecule has 2 aromatic rings. The summed E-state index contributed by atoms with van der Waals surface area (Å²) in [5.41, 5.74) is 1.48. The van der Waals surface area contributed by atoms with Crippen LogP contribution in [0.2, 0.25) is 0 Å². The molecule has 1 N–H and O–H groups in total. The second kappa shape index (κ2) is 7.04. The third-order valence-electron chi connectivity index (χ3n) is 3.90. The van der Waals surface area contributed by atoms with Crippen LogP contribution in [-0.2, 0) is 36.1 Å². The average molecular weight is 332 g/mol. The number of hydrogen-bond acceptors (Lipinski definition) is 4. The lowest BCUT2D eigenvalue weighted by Crippen LogP contribution is -2.25. The maximum Gasteiger partial charge on any atom is 0.251 e. The zero-order valence-electron chi connectivity index (χ0n) is 13.1. The SMILES string of the molecule is CS(=O)Cc1cccc(C(=O)NCc2nnc3n2CCCC3)c1. The van der Waals surface area contributed by atoms with E-state index >= 15 is 0 Å². The van der Waals surface area contributed by atoms with Gasteiger partial charge < -0.3 is 9.88 Å². The van der Waals surface area contributed by atoms with Gasteiger partial charge in [0.15, 0.2) is 5.82 Å². The summed E-state index contributed by atoms with van der Waals surface area (Å²) in [6.07, 6.45) is 4.89. The molecular formula is C16H20N4O2S. The molecule has 1 aliphatic rings. The predicted octanol–water partition coefficient (Wildman–Crippen LogP) is 1.42. The summed E-state index contributed by atoms with van der Waals surface area (Å²) in [6, 6.07) is 7.25. The summed E-state index contributed by atoms with van der Waals surface area (Å²) in [6.45, 7) is 1.29. The first kappa shape index (κ1) is 15.9. The summed E-state index contributed by atoms with van der Waals surface area (Å²) >= 11 is 0. The van der Waals surface area contributed by atoms with E-state index in [9.17, 15) is 9.00 Å². The van der Waals surface area contributed by atoms with Crippen LogP contribution in [0.3, 0.4) is 0 Å². The molecule has 0 spiro atoms. The molecule has 0 radical (unpaired) electrons. The Kier molecular flexibility index (Phi) is 4.85. The number of carbonyl (C=O) groups excluding carboxylic acids is 1. The molecule has 122 valence electrons. The van der Waals surface area contributed by atoms with Crippen LogP contribution in [0.4, 0.5) is 0 Å². The Hall–Kier alpha value is -2.02. The largest absolute Gasteiger partial charge is 0.345 e. The molecule has 0 bridgehead atoms. The molecule has 1 unspecified atom stereocenters. The Labute approximate surface area is 137 Å². The first-order valence-electron chi connectivity index (χ1n) is 7.71. The van der Waals surface area contributed by atoms with E-state index in [1.165, 1.54) is 0 Å². The zero-order valence-corrected chi connectivity index (χ0v) is 13.9. The highest BCUT2D eigenvalue weighted by Crippen LogP contribution is 2.14. The number of carbonyl (C=O) groups is 1. The number of rotatable bonds is 5. The van der Waals surface area contributed by atoms with Crippen LogP contribution in [0.25, 0.3) is 0 Å². The number of amides is 1. The Morgan fingerprint density at radius 1 is 1.35 bits per heavy atom. The lowest BCUT2D eigenvalue weighted by Gasteiger charge is -2.14. The van der Waals surface area contributed by atoms with Gasteiger partial charge in [-0.1, -0.05) is 12.1 Å². The topological polar surface area (TPSA) is 76.9 Å². The fourth-order valence-corrected chi connectivity index (χ4v) is 3.45. The fraction of sp³-hybridized carbons (Fsp3) is 0.438. The van der Waals surface area contributed by atoms with Gasteiger partial charge in [-0.15, -0.1) is 10.2 Å². The number of nitrogens with one attached hydrogen (secondary N) is 1. The minimum atomic E-state index is -0.921. The van der Waals surface area contributed by atoms with Crippen molar-refractivity contribution in [3.05, 3.63) is 47.0 Å². The number of benzene rings is 1. The highest BCUT2D eigenvalue weighted by Gasteiger charge is 2.16. The van der Waals surface area contributed by atoms with Gasteiger partial charge in [0.1, 0.15) is 5.82 Å². The van der Waals surface area contributed by atoms with Crippen molar-refractivity contribution in [2.45, 2.75) is 38.1 Å². The fourth-order valence-electron chi connectivity index (χ4n) is 2.80. The van der Waals surface area contributed by atoms with Crippen molar-refractivity contribution in [1.29, 1.82) is 0 Å². The maximum atomic E-state index is 12.3. The molecule has 23 heavy (non-hydrogen) atoms. The highest BCUT2D eigenvalue weighted by atomic mass is 32.2. The maximum absolute atomic E-state index is 12.3. The van der Waals surface area contributed by atoms with E-state index in [1.54, 1.807) is 18.4 Å². The molecule has 3 rings (SSSR count). The van der Waals surface area contributed by atoms with Crippen molar-refractivity contribution in [3.8, 4) is 0 Å². The van der Waals surface area contributed by atoms with E-state index in [0.29, 0.717) is 17.9 Å². The first-order valence-corrected chi connectivity index (χ1v) is 9.44. The Balaban J connectivity index is 1.65. The van der Waals surface area contributed by atoms with E-state index in [4.69, 9.17) is 0 Å². The second-order valence-electron chi connectivity index (χ2n) is 5.74. The van der Waals surface area contributed by atoms with Crippen molar-refractivity contribution in [3.63, 3.8) is 0 Å². The molecule has 0 saturated heterocycles. The Morgan fingerprint density at radius 2 is 2.22 bits per heavy atom. The van der Waals surface area contributed by atoms with Crippen LogP contribution in [0, 0.1) is 0 Å². The smallest absolute Gasteiger partial charge is 0.251 e. The Bertz CT molecular complexity index is 741. The molecule has 1 aromatic heterocycles. The van der Waals surface area contributed by atoms with Crippen molar-refractivity contribution >= 4 is 16.7 Å². The van der Waals surface area contributed by atoms with Crippen molar-refractivity contribution in [2.24, 2.45) is 0 Å². The molecule has 1 atom stereocenters. The zero-order chi connectivity index (χ0) is 16.2. The second-order valence-corrected chi connectivity index (χ2v) is 7.18. The first-order chi connectivity index (χ1) is 11.1. The van der Waals surface area contributed by atoms with Crippen LogP contribution in [0.15, 0.2) is 24.3 Å². The van der Waals surface area contributed by atoms with Gasteiger partial charge in [0.05, 0.1) is 6.54 Å². The van der Waals surface area contributed by atoms with Gasteiger partial charge in [-0.2, -0.15) is 0 Å². The molecular weight excluding hydrogens is 312 g/mol. The summed E-state index contributed by atoms with van der Waals surface area (Å²) in [5, 5.41) is 11.3. The minimum absolute atomic E-state index is 0.151. The highest BCUT2D eigenvalue weighted by molar-refractivity contribution is 7.83. The van der Waals surface area contributed by atoms with Crippen LogP contribution in [0.1, 0.15) is 40.4 Å². The third-order valence-corrected chi connectivity index (χ3v) is 4.64. The van der Waals surface area contributed by atoms with Gasteiger partial charge in [-0.3, -0.25) is 9.00 Å². The van der Waals surface area contributed by atoms with E-state index in [2.05, 4.69) is 20.1 Å². The monoisotopic (exact) mass is 332 g/mol. The summed E-state index contributed by atoms with van der Waals surface area (Å²) < 4.78 is 13.4. The molecule has 7 heteroatoms. The van der Waals surface area contributed by atoms with Crippen LogP contribution < -0.4 is 5.32 Å². The molecule has 0 saturated carbocycles. The normalized spacial score (nSPS) is 15.0. The van der Waals surface area contributed by atoms with E-state index < -0.39 is 10.8 Å². The van der Waals surface area contributed by atoms with E-state index in [-0.39, 0.29) is 5.91 Å². The number of aromatic nitrogens is 3. The van der Waals surface area contributed by atoms with Crippen LogP contribution in [0.5, 0.6) is 0 Å². The van der Waals surface area contributed by atoms with E-state index in [0.717, 1.165) is 43.0 Å². The number of fused-ring (bicyclic) bond motifs is 1. The average Bonchev–Trinajstić information content (AvgIpc) is 2.95. The molecule has 6 nitrogen and oxygen atoms in total. The number of aryl methyl sites for hydroxylation is 1. The molecule has 1 aliphatic heterocycles. The summed E-state index contributed by atoms with van der Waals surface area (Å²) in [5.74, 6) is 2.12. The van der Waals surface area contributed by atoms with Gasteiger partial charge in [0.25, 0.3) is 5.91 Å². The predicted molar refractivity (Wildman–Crippen MR) is 88.3 cm³/mol. The molecule has 1 aromatic carbocycles. The molecule has 2 heterocycles. The molecule has 1 amide bonds. The quantitative estimate of drug-likeness (QED) is 0.898.